The highest BCUT2D eigenvalue weighted by molar-refractivity contribution is 6.06. The van der Waals surface area contributed by atoms with Crippen molar-refractivity contribution in [2.75, 3.05) is 5.32 Å². The van der Waals surface area contributed by atoms with Crippen molar-refractivity contribution < 1.29 is 19.1 Å². The van der Waals surface area contributed by atoms with Crippen LogP contribution in [-0.2, 0) is 11.2 Å². The van der Waals surface area contributed by atoms with E-state index >= 15 is 0 Å². The van der Waals surface area contributed by atoms with Crippen molar-refractivity contribution in [3.8, 4) is 0 Å². The summed E-state index contributed by atoms with van der Waals surface area (Å²) in [5, 5.41) is 2.81. The van der Waals surface area contributed by atoms with Gasteiger partial charge in [0, 0.05) is 23.2 Å². The molecule has 1 aliphatic heterocycles. The third kappa shape index (κ3) is 3.94. The molecule has 4 rings (SSSR count). The van der Waals surface area contributed by atoms with E-state index in [2.05, 4.69) is 5.32 Å². The number of cyclic esters (lactones) is 1. The smallest absolute Gasteiger partial charge is 0.339 e. The molecule has 29 heavy (non-hydrogen) atoms. The van der Waals surface area contributed by atoms with E-state index in [1.807, 2.05) is 30.3 Å². The third-order valence-corrected chi connectivity index (χ3v) is 4.94. The maximum absolute atomic E-state index is 12.7. The second-order valence-electron chi connectivity index (χ2n) is 6.97. The number of fused-ring (bicyclic) bond motifs is 1. The highest BCUT2D eigenvalue weighted by Crippen LogP contribution is 2.31. The van der Waals surface area contributed by atoms with Gasteiger partial charge in [-0.05, 0) is 48.4 Å². The van der Waals surface area contributed by atoms with Crippen LogP contribution in [-0.4, -0.2) is 17.7 Å². The molecular weight excluding hydrogens is 366 g/mol. The number of hydrogen-bond acceptors (Lipinski definition) is 4. The largest absolute Gasteiger partial charge is 0.454 e. The van der Waals surface area contributed by atoms with Gasteiger partial charge in [0.1, 0.15) is 6.10 Å². The van der Waals surface area contributed by atoms with Gasteiger partial charge in [-0.15, -0.1) is 0 Å². The van der Waals surface area contributed by atoms with Crippen molar-refractivity contribution >= 4 is 23.3 Å². The van der Waals surface area contributed by atoms with Crippen molar-refractivity contribution in [1.29, 1.82) is 0 Å². The summed E-state index contributed by atoms with van der Waals surface area (Å²) in [6, 6.07) is 21.3. The lowest BCUT2D eigenvalue weighted by Crippen LogP contribution is -2.23. The summed E-state index contributed by atoms with van der Waals surface area (Å²) in [4.78, 5) is 36.6. The number of ether oxygens (including phenoxy) is 1. The number of carbonyl (C=O) groups excluding carboxylic acids is 3. The quantitative estimate of drug-likeness (QED) is 0.526. The predicted octanol–water partition coefficient (Wildman–Crippen LogP) is 4.60. The van der Waals surface area contributed by atoms with Gasteiger partial charge in [-0.2, -0.15) is 0 Å². The number of rotatable bonds is 4. The first kappa shape index (κ1) is 18.6. The molecular formula is C24H19NO4. The Balaban J connectivity index is 1.58. The number of amides is 1. The first-order valence-corrected chi connectivity index (χ1v) is 9.32. The predicted molar refractivity (Wildman–Crippen MR) is 109 cm³/mol. The Morgan fingerprint density at radius 1 is 0.931 bits per heavy atom. The average Bonchev–Trinajstić information content (AvgIpc) is 2.74. The number of anilines is 1. The van der Waals surface area contributed by atoms with Crippen LogP contribution in [0.3, 0.4) is 0 Å². The van der Waals surface area contributed by atoms with Crippen LogP contribution in [0.5, 0.6) is 0 Å². The molecule has 5 heteroatoms. The number of hydrogen-bond donors (Lipinski definition) is 1. The van der Waals surface area contributed by atoms with Gasteiger partial charge in [-0.25, -0.2) is 4.79 Å². The minimum absolute atomic E-state index is 0.0691. The third-order valence-electron chi connectivity index (χ3n) is 4.94. The van der Waals surface area contributed by atoms with Crippen molar-refractivity contribution in [2.24, 2.45) is 0 Å². The minimum atomic E-state index is -0.388. The lowest BCUT2D eigenvalue weighted by atomic mass is 9.93. The Hall–Kier alpha value is -3.73. The van der Waals surface area contributed by atoms with Gasteiger partial charge >= 0.3 is 5.97 Å². The van der Waals surface area contributed by atoms with Gasteiger partial charge in [0.15, 0.2) is 5.78 Å². The maximum Gasteiger partial charge on any atom is 0.339 e. The van der Waals surface area contributed by atoms with Crippen molar-refractivity contribution in [3.05, 3.63) is 101 Å². The van der Waals surface area contributed by atoms with E-state index in [9.17, 15) is 14.4 Å². The molecule has 144 valence electrons. The zero-order chi connectivity index (χ0) is 20.4. The monoisotopic (exact) mass is 385 g/mol. The fraction of sp³-hybridized carbons (Fsp3) is 0.125. The fourth-order valence-electron chi connectivity index (χ4n) is 3.41. The fourth-order valence-corrected chi connectivity index (χ4v) is 3.41. The molecule has 0 spiro atoms. The molecule has 3 aromatic carbocycles. The van der Waals surface area contributed by atoms with Crippen LogP contribution < -0.4 is 5.32 Å². The van der Waals surface area contributed by atoms with E-state index < -0.39 is 0 Å². The van der Waals surface area contributed by atoms with Crippen LogP contribution in [0.2, 0.25) is 0 Å². The van der Waals surface area contributed by atoms with Gasteiger partial charge in [0.2, 0.25) is 0 Å². The first-order chi connectivity index (χ1) is 14.0. The Kier molecular flexibility index (Phi) is 4.96. The van der Waals surface area contributed by atoms with E-state index in [-0.39, 0.29) is 23.8 Å². The van der Waals surface area contributed by atoms with Crippen LogP contribution in [0.15, 0.2) is 72.8 Å². The summed E-state index contributed by atoms with van der Waals surface area (Å²) in [5.41, 5.74) is 3.69. The van der Waals surface area contributed by atoms with Crippen LogP contribution >= 0.6 is 0 Å². The normalized spacial score (nSPS) is 15.2. The molecule has 3 aromatic rings. The molecule has 1 unspecified atom stereocenters. The molecule has 0 aromatic heterocycles. The summed E-state index contributed by atoms with van der Waals surface area (Å²) in [5.74, 6) is -0.759. The second-order valence-corrected chi connectivity index (χ2v) is 6.97. The standard InChI is InChI=1S/C24H19NO4/c1-15(26)17-8-5-9-20(13-17)25-23(27)18-10-11-21-19(12-18)14-22(29-24(21)28)16-6-3-2-4-7-16/h2-13,22H,14H2,1H3,(H,25,27). The number of Topliss-reactive ketones (excluding diaryl/α,β-unsaturated/α-hetero) is 1. The van der Waals surface area contributed by atoms with Gasteiger partial charge in [-0.1, -0.05) is 42.5 Å². The minimum Gasteiger partial charge on any atom is -0.454 e. The molecule has 1 heterocycles. The number of ketones is 1. The average molecular weight is 385 g/mol. The molecule has 0 saturated carbocycles. The van der Waals surface area contributed by atoms with Crippen LogP contribution in [0.25, 0.3) is 0 Å². The molecule has 0 radical (unpaired) electrons. The Bertz CT molecular complexity index is 1100. The zero-order valence-corrected chi connectivity index (χ0v) is 15.8. The molecule has 0 saturated heterocycles. The number of benzene rings is 3. The van der Waals surface area contributed by atoms with Crippen LogP contribution in [0, 0.1) is 0 Å². The molecule has 0 fully saturated rings. The second kappa shape index (κ2) is 7.72. The zero-order valence-electron chi connectivity index (χ0n) is 15.8. The molecule has 0 bridgehead atoms. The van der Waals surface area contributed by atoms with E-state index in [0.29, 0.717) is 28.8 Å². The van der Waals surface area contributed by atoms with Gasteiger partial charge in [-0.3, -0.25) is 9.59 Å². The maximum atomic E-state index is 12.7. The van der Waals surface area contributed by atoms with Gasteiger partial charge < -0.3 is 10.1 Å². The molecule has 1 N–H and O–H groups in total. The summed E-state index contributed by atoms with van der Waals surface area (Å²) in [6.45, 7) is 1.48. The highest BCUT2D eigenvalue weighted by Gasteiger charge is 2.28. The Labute approximate surface area is 168 Å². The highest BCUT2D eigenvalue weighted by atomic mass is 16.5. The number of carbonyl (C=O) groups is 3. The lowest BCUT2D eigenvalue weighted by molar-refractivity contribution is 0.0252. The Morgan fingerprint density at radius 3 is 2.48 bits per heavy atom. The van der Waals surface area contributed by atoms with E-state index in [4.69, 9.17) is 4.74 Å². The first-order valence-electron chi connectivity index (χ1n) is 9.32. The van der Waals surface area contributed by atoms with Crippen LogP contribution in [0.4, 0.5) is 5.69 Å². The molecule has 5 nitrogen and oxygen atoms in total. The van der Waals surface area contributed by atoms with Crippen molar-refractivity contribution in [3.63, 3.8) is 0 Å². The van der Waals surface area contributed by atoms with E-state index in [1.165, 1.54) is 6.92 Å². The van der Waals surface area contributed by atoms with E-state index in [1.54, 1.807) is 42.5 Å². The SMILES string of the molecule is CC(=O)c1cccc(NC(=O)c2ccc3c(c2)CC(c2ccccc2)OC3=O)c1. The summed E-state index contributed by atoms with van der Waals surface area (Å²) >= 11 is 0. The van der Waals surface area contributed by atoms with Crippen LogP contribution in [0.1, 0.15) is 55.2 Å². The van der Waals surface area contributed by atoms with E-state index in [0.717, 1.165) is 11.1 Å². The van der Waals surface area contributed by atoms with Crippen molar-refractivity contribution in [1.82, 2.24) is 0 Å². The Morgan fingerprint density at radius 2 is 1.72 bits per heavy atom. The summed E-state index contributed by atoms with van der Waals surface area (Å²) < 4.78 is 5.56. The van der Waals surface area contributed by atoms with Gasteiger partial charge in [0.25, 0.3) is 5.91 Å². The molecule has 1 amide bonds. The summed E-state index contributed by atoms with van der Waals surface area (Å²) in [6.07, 6.45) is 0.133. The molecule has 0 aliphatic carbocycles. The molecule has 1 atom stereocenters. The topological polar surface area (TPSA) is 72.5 Å². The number of esters is 1. The lowest BCUT2D eigenvalue weighted by Gasteiger charge is -2.25. The van der Waals surface area contributed by atoms with Gasteiger partial charge in [0.05, 0.1) is 5.56 Å². The number of nitrogens with one attached hydrogen (secondary N) is 1. The molecule has 1 aliphatic rings. The summed E-state index contributed by atoms with van der Waals surface area (Å²) in [7, 11) is 0. The van der Waals surface area contributed by atoms with Crippen molar-refractivity contribution in [2.45, 2.75) is 19.4 Å².